The van der Waals surface area contributed by atoms with Crippen molar-refractivity contribution in [3.8, 4) is 0 Å². The molecule has 1 aliphatic rings. The van der Waals surface area contributed by atoms with Crippen LogP contribution in [0.15, 0.2) is 0 Å². The molecular weight excluding hydrogens is 186 g/mol. The standard InChI is InChI=1S/C13H25NO/c1-12(2,3)9-10-7-8-14(11(10)15)13(4,5)6/h10H,7-9H2,1-6H3/t10-/m1/s1. The van der Waals surface area contributed by atoms with Gasteiger partial charge < -0.3 is 4.90 Å². The number of rotatable bonds is 1. The second kappa shape index (κ2) is 3.80. The average molecular weight is 211 g/mol. The van der Waals surface area contributed by atoms with Gasteiger partial charge in [0, 0.05) is 18.0 Å². The molecule has 0 unspecified atom stereocenters. The Bertz CT molecular complexity index is 244. The molecule has 1 heterocycles. The van der Waals surface area contributed by atoms with Crippen LogP contribution in [0.2, 0.25) is 0 Å². The molecule has 0 saturated carbocycles. The highest BCUT2D eigenvalue weighted by Gasteiger charge is 2.38. The molecule has 1 amide bonds. The zero-order valence-corrected chi connectivity index (χ0v) is 11.1. The maximum absolute atomic E-state index is 12.2. The van der Waals surface area contributed by atoms with Gasteiger partial charge in [-0.2, -0.15) is 0 Å². The van der Waals surface area contributed by atoms with Crippen LogP contribution in [-0.4, -0.2) is 22.9 Å². The molecule has 0 aromatic heterocycles. The monoisotopic (exact) mass is 211 g/mol. The van der Waals surface area contributed by atoms with E-state index in [1.54, 1.807) is 0 Å². The van der Waals surface area contributed by atoms with Crippen LogP contribution < -0.4 is 0 Å². The van der Waals surface area contributed by atoms with Crippen molar-refractivity contribution in [3.05, 3.63) is 0 Å². The third kappa shape index (κ3) is 3.22. The van der Waals surface area contributed by atoms with Crippen LogP contribution in [0.1, 0.15) is 54.4 Å². The SMILES string of the molecule is CC(C)(C)C[C@H]1CCN(C(C)(C)C)C1=O. The Balaban J connectivity index is 2.65. The van der Waals surface area contributed by atoms with Gasteiger partial charge in [0.15, 0.2) is 0 Å². The third-order valence-corrected chi connectivity index (χ3v) is 2.98. The quantitative estimate of drug-likeness (QED) is 0.652. The van der Waals surface area contributed by atoms with Crippen molar-refractivity contribution in [2.24, 2.45) is 11.3 Å². The Labute approximate surface area is 94.0 Å². The summed E-state index contributed by atoms with van der Waals surface area (Å²) in [6.45, 7) is 13.9. The zero-order chi connectivity index (χ0) is 11.9. The number of amides is 1. The lowest BCUT2D eigenvalue weighted by Gasteiger charge is -2.32. The van der Waals surface area contributed by atoms with Crippen LogP contribution in [0.4, 0.5) is 0 Å². The first-order valence-corrected chi connectivity index (χ1v) is 5.93. The molecule has 0 aliphatic carbocycles. The van der Waals surface area contributed by atoms with E-state index < -0.39 is 0 Å². The highest BCUT2D eigenvalue weighted by molar-refractivity contribution is 5.81. The van der Waals surface area contributed by atoms with Crippen LogP contribution >= 0.6 is 0 Å². The summed E-state index contributed by atoms with van der Waals surface area (Å²) in [5.74, 6) is 0.613. The van der Waals surface area contributed by atoms with Gasteiger partial charge in [-0.05, 0) is 39.0 Å². The molecule has 0 aromatic rings. The highest BCUT2D eigenvalue weighted by atomic mass is 16.2. The minimum absolute atomic E-state index is 0.0102. The lowest BCUT2D eigenvalue weighted by atomic mass is 9.84. The van der Waals surface area contributed by atoms with Crippen LogP contribution in [0, 0.1) is 11.3 Å². The predicted molar refractivity (Wildman–Crippen MR) is 63.6 cm³/mol. The third-order valence-electron chi connectivity index (χ3n) is 2.98. The summed E-state index contributed by atoms with van der Waals surface area (Å²) >= 11 is 0. The molecule has 1 atom stereocenters. The molecule has 88 valence electrons. The summed E-state index contributed by atoms with van der Waals surface area (Å²) in [7, 11) is 0. The van der Waals surface area contributed by atoms with Gasteiger partial charge in [-0.1, -0.05) is 20.8 Å². The molecule has 1 rings (SSSR count). The molecule has 0 radical (unpaired) electrons. The lowest BCUT2D eigenvalue weighted by molar-refractivity contribution is -0.135. The van der Waals surface area contributed by atoms with Crippen LogP contribution in [0.3, 0.4) is 0 Å². The van der Waals surface area contributed by atoms with Gasteiger partial charge in [0.1, 0.15) is 0 Å². The molecule has 15 heavy (non-hydrogen) atoms. The van der Waals surface area contributed by atoms with Gasteiger partial charge in [0.25, 0.3) is 0 Å². The lowest BCUT2D eigenvalue weighted by Crippen LogP contribution is -2.43. The van der Waals surface area contributed by atoms with E-state index in [1.165, 1.54) is 0 Å². The van der Waals surface area contributed by atoms with Crippen LogP contribution in [0.5, 0.6) is 0 Å². The van der Waals surface area contributed by atoms with Gasteiger partial charge in [0.05, 0.1) is 0 Å². The average Bonchev–Trinajstić information content (AvgIpc) is 2.27. The fourth-order valence-corrected chi connectivity index (χ4v) is 2.33. The number of carbonyl (C=O) groups is 1. The van der Waals surface area contributed by atoms with E-state index in [-0.39, 0.29) is 16.9 Å². The molecule has 2 nitrogen and oxygen atoms in total. The molecule has 0 spiro atoms. The molecule has 0 aromatic carbocycles. The first-order chi connectivity index (χ1) is 6.61. The van der Waals surface area contributed by atoms with Gasteiger partial charge in [-0.3, -0.25) is 4.79 Å². The van der Waals surface area contributed by atoms with Crippen molar-refractivity contribution in [1.29, 1.82) is 0 Å². The predicted octanol–water partition coefficient (Wildman–Crippen LogP) is 3.07. The molecule has 1 saturated heterocycles. The molecule has 0 bridgehead atoms. The Kier molecular flexibility index (Phi) is 3.18. The summed E-state index contributed by atoms with van der Waals surface area (Å²) < 4.78 is 0. The minimum atomic E-state index is -0.0102. The molecule has 1 fully saturated rings. The number of likely N-dealkylation sites (tertiary alicyclic amines) is 1. The van der Waals surface area contributed by atoms with Gasteiger partial charge in [0.2, 0.25) is 5.91 Å². The zero-order valence-electron chi connectivity index (χ0n) is 11.1. The van der Waals surface area contributed by atoms with Crippen molar-refractivity contribution in [1.82, 2.24) is 4.90 Å². The fourth-order valence-electron chi connectivity index (χ4n) is 2.33. The van der Waals surface area contributed by atoms with E-state index >= 15 is 0 Å². The Morgan fingerprint density at radius 1 is 1.20 bits per heavy atom. The van der Waals surface area contributed by atoms with Gasteiger partial charge in [-0.15, -0.1) is 0 Å². The Hall–Kier alpha value is -0.530. The van der Waals surface area contributed by atoms with Crippen molar-refractivity contribution in [2.45, 2.75) is 59.9 Å². The fraction of sp³-hybridized carbons (Fsp3) is 0.923. The number of nitrogens with zero attached hydrogens (tertiary/aromatic N) is 1. The second-order valence-electron chi connectivity index (χ2n) is 6.91. The summed E-state index contributed by atoms with van der Waals surface area (Å²) in [6.07, 6.45) is 2.05. The Morgan fingerprint density at radius 3 is 2.07 bits per heavy atom. The van der Waals surface area contributed by atoms with E-state index in [4.69, 9.17) is 0 Å². The van der Waals surface area contributed by atoms with Crippen molar-refractivity contribution < 1.29 is 4.79 Å². The molecule has 0 N–H and O–H groups in total. The highest BCUT2D eigenvalue weighted by Crippen LogP contribution is 2.33. The second-order valence-corrected chi connectivity index (χ2v) is 6.91. The van der Waals surface area contributed by atoms with Crippen LogP contribution in [0.25, 0.3) is 0 Å². The van der Waals surface area contributed by atoms with Crippen LogP contribution in [-0.2, 0) is 4.79 Å². The number of hydrogen-bond acceptors (Lipinski definition) is 1. The maximum atomic E-state index is 12.2. The number of carbonyl (C=O) groups excluding carboxylic acids is 1. The maximum Gasteiger partial charge on any atom is 0.226 e. The minimum Gasteiger partial charge on any atom is -0.338 e. The van der Waals surface area contributed by atoms with Crippen molar-refractivity contribution >= 4 is 5.91 Å². The van der Waals surface area contributed by atoms with E-state index in [9.17, 15) is 4.79 Å². The summed E-state index contributed by atoms with van der Waals surface area (Å²) in [4.78, 5) is 14.2. The van der Waals surface area contributed by atoms with E-state index in [1.807, 2.05) is 4.90 Å². The normalized spacial score (nSPS) is 23.7. The molecule has 2 heteroatoms. The molecular formula is C13H25NO. The van der Waals surface area contributed by atoms with E-state index in [0.29, 0.717) is 5.91 Å². The van der Waals surface area contributed by atoms with E-state index in [0.717, 1.165) is 19.4 Å². The van der Waals surface area contributed by atoms with Crippen molar-refractivity contribution in [3.63, 3.8) is 0 Å². The first-order valence-electron chi connectivity index (χ1n) is 5.93. The summed E-state index contributed by atoms with van der Waals surface area (Å²) in [5.41, 5.74) is 0.248. The first kappa shape index (κ1) is 12.5. The molecule has 1 aliphatic heterocycles. The van der Waals surface area contributed by atoms with Gasteiger partial charge in [-0.25, -0.2) is 0 Å². The largest absolute Gasteiger partial charge is 0.338 e. The topological polar surface area (TPSA) is 20.3 Å². The van der Waals surface area contributed by atoms with Crippen molar-refractivity contribution in [2.75, 3.05) is 6.54 Å². The Morgan fingerprint density at radius 2 is 1.73 bits per heavy atom. The number of hydrogen-bond donors (Lipinski definition) is 0. The smallest absolute Gasteiger partial charge is 0.226 e. The summed E-state index contributed by atoms with van der Waals surface area (Å²) in [6, 6.07) is 0. The summed E-state index contributed by atoms with van der Waals surface area (Å²) in [5, 5.41) is 0. The van der Waals surface area contributed by atoms with Gasteiger partial charge >= 0.3 is 0 Å². The van der Waals surface area contributed by atoms with E-state index in [2.05, 4.69) is 41.5 Å².